The summed E-state index contributed by atoms with van der Waals surface area (Å²) in [7, 11) is 0. The van der Waals surface area contributed by atoms with E-state index in [-0.39, 0.29) is 24.9 Å². The van der Waals surface area contributed by atoms with Crippen LogP contribution in [0.4, 0.5) is 5.13 Å². The van der Waals surface area contributed by atoms with Gasteiger partial charge in [-0.05, 0) is 40.5 Å². The second-order valence-electron chi connectivity index (χ2n) is 6.11. The average Bonchev–Trinajstić information content (AvgIpc) is 2.91. The van der Waals surface area contributed by atoms with Crippen molar-refractivity contribution in [2.24, 2.45) is 5.16 Å². The van der Waals surface area contributed by atoms with Crippen LogP contribution in [-0.2, 0) is 23.9 Å². The maximum absolute atomic E-state index is 11.9. The van der Waals surface area contributed by atoms with Crippen molar-refractivity contribution in [3.05, 3.63) is 11.1 Å². The highest BCUT2D eigenvalue weighted by molar-refractivity contribution is 7.13. The van der Waals surface area contributed by atoms with Gasteiger partial charge in [-0.25, -0.2) is 9.78 Å². The summed E-state index contributed by atoms with van der Waals surface area (Å²) in [5, 5.41) is 5.75. The van der Waals surface area contributed by atoms with Gasteiger partial charge in [-0.3, -0.25) is 4.79 Å². The fourth-order valence-corrected chi connectivity index (χ4v) is 2.27. The average molecular weight is 371 g/mol. The van der Waals surface area contributed by atoms with Crippen molar-refractivity contribution in [3.8, 4) is 0 Å². The number of carbonyl (C=O) groups is 2. The maximum Gasteiger partial charge on any atom is 0.362 e. The zero-order valence-electron chi connectivity index (χ0n) is 15.0. The molecule has 1 heterocycles. The van der Waals surface area contributed by atoms with Crippen molar-refractivity contribution in [2.45, 2.75) is 52.6 Å². The number of rotatable bonds is 9. The number of nitrogen functional groups attached to an aromatic ring is 1. The van der Waals surface area contributed by atoms with Gasteiger partial charge in [-0.15, -0.1) is 11.3 Å². The number of nitrogens with zero attached hydrogens (tertiary/aromatic N) is 2. The summed E-state index contributed by atoms with van der Waals surface area (Å²) in [5.74, 6) is -0.872. The van der Waals surface area contributed by atoms with Crippen LogP contribution in [0.5, 0.6) is 0 Å². The lowest BCUT2D eigenvalue weighted by atomic mass is 10.2. The van der Waals surface area contributed by atoms with Crippen LogP contribution < -0.4 is 5.73 Å². The number of carbonyl (C=O) groups excluding carboxylic acids is 2. The SMILES string of the molecule is CCOC(=O)/C(=N\OCCCCC(=O)OC(C)(C)C)c1csc(N)n1. The van der Waals surface area contributed by atoms with Gasteiger partial charge in [-0.1, -0.05) is 5.16 Å². The van der Waals surface area contributed by atoms with Gasteiger partial charge in [0.25, 0.3) is 0 Å². The Bertz CT molecular complexity index is 607. The predicted octanol–water partition coefficient (Wildman–Crippen LogP) is 2.52. The molecule has 25 heavy (non-hydrogen) atoms. The number of aromatic nitrogens is 1. The minimum Gasteiger partial charge on any atom is -0.461 e. The molecule has 0 aliphatic rings. The molecule has 0 radical (unpaired) electrons. The first kappa shape index (κ1) is 20.9. The lowest BCUT2D eigenvalue weighted by Gasteiger charge is -2.19. The van der Waals surface area contributed by atoms with Crippen molar-refractivity contribution < 1.29 is 23.9 Å². The first-order valence-electron chi connectivity index (χ1n) is 8.03. The lowest BCUT2D eigenvalue weighted by molar-refractivity contribution is -0.155. The van der Waals surface area contributed by atoms with Crippen molar-refractivity contribution in [2.75, 3.05) is 18.9 Å². The van der Waals surface area contributed by atoms with Gasteiger partial charge in [0.15, 0.2) is 5.13 Å². The summed E-state index contributed by atoms with van der Waals surface area (Å²) < 4.78 is 10.2. The third-order valence-electron chi connectivity index (χ3n) is 2.68. The Morgan fingerprint density at radius 2 is 2.04 bits per heavy atom. The number of ether oxygens (including phenoxy) is 2. The molecule has 0 aromatic carbocycles. The molecule has 0 amide bonds. The van der Waals surface area contributed by atoms with Gasteiger partial charge >= 0.3 is 11.9 Å². The van der Waals surface area contributed by atoms with Gasteiger partial charge in [0.1, 0.15) is 17.9 Å². The molecule has 1 rings (SSSR count). The Hall–Kier alpha value is -2.16. The Kier molecular flexibility index (Phi) is 8.33. The molecule has 1 aromatic rings. The molecule has 0 saturated carbocycles. The molecular formula is C16H25N3O5S. The Labute approximate surface area is 151 Å². The molecule has 0 saturated heterocycles. The van der Waals surface area contributed by atoms with Crippen LogP contribution in [0.25, 0.3) is 0 Å². The van der Waals surface area contributed by atoms with E-state index in [9.17, 15) is 9.59 Å². The summed E-state index contributed by atoms with van der Waals surface area (Å²) in [6.07, 6.45) is 1.50. The number of anilines is 1. The molecule has 0 fully saturated rings. The van der Waals surface area contributed by atoms with E-state index in [0.717, 1.165) is 0 Å². The standard InChI is InChI=1S/C16H25N3O5S/c1-5-22-14(21)13(11-10-25-15(17)18-11)19-23-9-7-6-8-12(20)24-16(2,3)4/h10H,5-9H2,1-4H3,(H2,17,18)/b19-13-. The summed E-state index contributed by atoms with van der Waals surface area (Å²) >= 11 is 1.19. The van der Waals surface area contributed by atoms with Crippen LogP contribution in [0.1, 0.15) is 52.7 Å². The molecule has 0 aliphatic carbocycles. The van der Waals surface area contributed by atoms with Crippen LogP contribution in [0, 0.1) is 0 Å². The molecular weight excluding hydrogens is 346 g/mol. The van der Waals surface area contributed by atoms with Gasteiger partial charge in [0, 0.05) is 11.8 Å². The van der Waals surface area contributed by atoms with E-state index in [1.54, 1.807) is 12.3 Å². The minimum atomic E-state index is -0.624. The lowest BCUT2D eigenvalue weighted by Crippen LogP contribution is -2.23. The monoisotopic (exact) mass is 371 g/mol. The van der Waals surface area contributed by atoms with Gasteiger partial charge in [0.05, 0.1) is 6.61 Å². The Morgan fingerprint density at radius 3 is 2.60 bits per heavy atom. The summed E-state index contributed by atoms with van der Waals surface area (Å²) in [6, 6.07) is 0. The number of esters is 2. The molecule has 0 spiro atoms. The molecule has 8 nitrogen and oxygen atoms in total. The number of thiazole rings is 1. The molecule has 2 N–H and O–H groups in total. The first-order chi connectivity index (χ1) is 11.7. The highest BCUT2D eigenvalue weighted by Gasteiger charge is 2.19. The Balaban J connectivity index is 2.45. The zero-order chi connectivity index (χ0) is 18.9. The van der Waals surface area contributed by atoms with E-state index in [4.69, 9.17) is 20.0 Å². The van der Waals surface area contributed by atoms with E-state index in [2.05, 4.69) is 10.1 Å². The maximum atomic E-state index is 11.9. The van der Waals surface area contributed by atoms with Crippen LogP contribution in [0.2, 0.25) is 0 Å². The van der Waals surface area contributed by atoms with E-state index < -0.39 is 11.6 Å². The van der Waals surface area contributed by atoms with Gasteiger partial charge in [-0.2, -0.15) is 0 Å². The van der Waals surface area contributed by atoms with Crippen molar-refractivity contribution in [1.29, 1.82) is 0 Å². The molecule has 140 valence electrons. The molecule has 0 bridgehead atoms. The Morgan fingerprint density at radius 1 is 1.32 bits per heavy atom. The normalized spacial score (nSPS) is 11.9. The van der Waals surface area contributed by atoms with E-state index in [1.807, 2.05) is 20.8 Å². The molecule has 0 atom stereocenters. The summed E-state index contributed by atoms with van der Waals surface area (Å²) in [5.41, 5.74) is 5.38. The number of hydrogen-bond donors (Lipinski definition) is 1. The molecule has 1 aromatic heterocycles. The number of hydrogen-bond acceptors (Lipinski definition) is 9. The zero-order valence-corrected chi connectivity index (χ0v) is 15.9. The second-order valence-corrected chi connectivity index (χ2v) is 7.00. The van der Waals surface area contributed by atoms with Crippen molar-refractivity contribution >= 4 is 34.1 Å². The number of oxime groups is 1. The van der Waals surface area contributed by atoms with Crippen molar-refractivity contribution in [1.82, 2.24) is 4.98 Å². The van der Waals surface area contributed by atoms with Crippen LogP contribution in [0.15, 0.2) is 10.5 Å². The highest BCUT2D eigenvalue weighted by atomic mass is 32.1. The second kappa shape index (κ2) is 9.97. The third-order valence-corrected chi connectivity index (χ3v) is 3.35. The summed E-state index contributed by atoms with van der Waals surface area (Å²) in [4.78, 5) is 32.7. The highest BCUT2D eigenvalue weighted by Crippen LogP contribution is 2.13. The van der Waals surface area contributed by atoms with Gasteiger partial charge in [0.2, 0.25) is 5.71 Å². The van der Waals surface area contributed by atoms with Crippen LogP contribution >= 0.6 is 11.3 Å². The van der Waals surface area contributed by atoms with Crippen molar-refractivity contribution in [3.63, 3.8) is 0 Å². The smallest absolute Gasteiger partial charge is 0.362 e. The predicted molar refractivity (Wildman–Crippen MR) is 95.3 cm³/mol. The quantitative estimate of drug-likeness (QED) is 0.307. The first-order valence-corrected chi connectivity index (χ1v) is 8.91. The van der Waals surface area contributed by atoms with E-state index in [1.165, 1.54) is 11.3 Å². The topological polar surface area (TPSA) is 113 Å². The number of nitrogens with two attached hydrogens (primary N) is 1. The minimum absolute atomic E-state index is 0.0260. The van der Waals surface area contributed by atoms with Gasteiger partial charge < -0.3 is 20.0 Å². The summed E-state index contributed by atoms with van der Waals surface area (Å²) in [6.45, 7) is 7.64. The van der Waals surface area contributed by atoms with E-state index >= 15 is 0 Å². The third kappa shape index (κ3) is 8.48. The van der Waals surface area contributed by atoms with E-state index in [0.29, 0.717) is 30.1 Å². The molecule has 0 unspecified atom stereocenters. The molecule has 9 heteroatoms. The molecule has 0 aliphatic heterocycles. The largest absolute Gasteiger partial charge is 0.461 e. The fraction of sp³-hybridized carbons (Fsp3) is 0.625. The van der Waals surface area contributed by atoms with Crippen LogP contribution in [0.3, 0.4) is 0 Å². The number of unbranched alkanes of at least 4 members (excludes halogenated alkanes) is 1. The fourth-order valence-electron chi connectivity index (χ4n) is 1.72. The van der Waals surface area contributed by atoms with Crippen LogP contribution in [-0.4, -0.2) is 41.4 Å².